The van der Waals surface area contributed by atoms with Crippen LogP contribution in [0.15, 0.2) is 43.6 Å². The normalized spacial score (nSPS) is 20.9. The van der Waals surface area contributed by atoms with Gasteiger partial charge >= 0.3 is 0 Å². The second-order valence-electron chi connectivity index (χ2n) is 10.2. The van der Waals surface area contributed by atoms with Crippen molar-refractivity contribution in [2.75, 3.05) is 6.54 Å². The lowest BCUT2D eigenvalue weighted by molar-refractivity contribution is -0.130. The van der Waals surface area contributed by atoms with Gasteiger partial charge in [0.25, 0.3) is 0 Å². The maximum Gasteiger partial charge on any atom is 0.243 e. The van der Waals surface area contributed by atoms with Crippen LogP contribution in [0.1, 0.15) is 75.4 Å². The smallest absolute Gasteiger partial charge is 0.243 e. The number of hydrogen-bond donors (Lipinski definition) is 3. The number of hydrogen-bond acceptors (Lipinski definition) is 4. The average molecular weight is 532 g/mol. The van der Waals surface area contributed by atoms with E-state index < -0.39 is 11.9 Å². The van der Waals surface area contributed by atoms with E-state index in [-0.39, 0.29) is 32.6 Å². The molecule has 1 aromatic carbocycles. The molecule has 2 amide bonds. The highest BCUT2D eigenvalue weighted by Crippen LogP contribution is 2.44. The largest absolute Gasteiger partial charge is 0.373 e. The molecule has 4 rings (SSSR count). The van der Waals surface area contributed by atoms with Crippen molar-refractivity contribution in [3.63, 3.8) is 0 Å². The molecule has 2 aliphatic rings. The second kappa shape index (κ2) is 14.7. The van der Waals surface area contributed by atoms with Crippen LogP contribution < -0.4 is 10.6 Å². The molecule has 0 bridgehead atoms. The number of carbonyl (C=O) groups is 2. The summed E-state index contributed by atoms with van der Waals surface area (Å²) in [6.07, 6.45) is 4.63. The molecule has 1 aliphatic heterocycles. The van der Waals surface area contributed by atoms with Crippen LogP contribution in [0.3, 0.4) is 0 Å². The van der Waals surface area contributed by atoms with E-state index in [9.17, 15) is 14.0 Å². The fourth-order valence-electron chi connectivity index (χ4n) is 5.09. The van der Waals surface area contributed by atoms with Crippen LogP contribution in [0.25, 0.3) is 11.0 Å². The summed E-state index contributed by atoms with van der Waals surface area (Å²) in [5.41, 5.74) is 1.70. The number of imidazole rings is 1. The molecule has 1 saturated carbocycles. The van der Waals surface area contributed by atoms with Crippen LogP contribution in [-0.4, -0.2) is 45.3 Å². The number of nitrogens with zero attached hydrogens (tertiary/aromatic N) is 2. The van der Waals surface area contributed by atoms with Crippen molar-refractivity contribution < 1.29 is 16.8 Å². The molecule has 214 valence electrons. The number of fused-ring (bicyclic) bond motifs is 1. The zero-order valence-corrected chi connectivity index (χ0v) is 23.8. The number of likely N-dealkylation sites (tertiary alicyclic amines) is 1. The van der Waals surface area contributed by atoms with Crippen molar-refractivity contribution >= 4 is 22.8 Å². The predicted octanol–water partition coefficient (Wildman–Crippen LogP) is 6.19. The van der Waals surface area contributed by atoms with E-state index in [1.165, 1.54) is 12.5 Å². The van der Waals surface area contributed by atoms with Crippen molar-refractivity contribution in [3.8, 4) is 0 Å². The third-order valence-electron chi connectivity index (χ3n) is 7.26. The Morgan fingerprint density at radius 1 is 1.26 bits per heavy atom. The van der Waals surface area contributed by atoms with E-state index in [0.717, 1.165) is 31.5 Å². The SMILES string of the molecule is C=C.C=C(C[C@H](NC(=O)C1CC1C(C)C)C(=O)NCc1nc2c(F)cccc2[nH]1)N1CCCC[C@@H]1C.CC.[HH].[HH]. The number of piperidine rings is 1. The molecule has 4 atom stereocenters. The highest BCUT2D eigenvalue weighted by atomic mass is 19.1. The first-order valence-corrected chi connectivity index (χ1v) is 13.9. The predicted molar refractivity (Wildman–Crippen MR) is 157 cm³/mol. The summed E-state index contributed by atoms with van der Waals surface area (Å²) in [6.45, 7) is 21.7. The fraction of sp³-hybridized carbons (Fsp3) is 0.567. The van der Waals surface area contributed by atoms with Gasteiger partial charge < -0.3 is 20.5 Å². The maximum absolute atomic E-state index is 14.0. The highest BCUT2D eigenvalue weighted by Gasteiger charge is 2.45. The van der Waals surface area contributed by atoms with Gasteiger partial charge in [0.05, 0.1) is 12.1 Å². The number of halogens is 1. The van der Waals surface area contributed by atoms with Crippen molar-refractivity contribution in [2.24, 2.45) is 17.8 Å². The van der Waals surface area contributed by atoms with Gasteiger partial charge in [-0.3, -0.25) is 9.59 Å². The molecule has 2 fully saturated rings. The Kier molecular flexibility index (Phi) is 12.0. The van der Waals surface area contributed by atoms with E-state index >= 15 is 0 Å². The van der Waals surface area contributed by atoms with Crippen LogP contribution in [0.5, 0.6) is 0 Å². The van der Waals surface area contributed by atoms with Crippen molar-refractivity contribution in [1.29, 1.82) is 0 Å². The standard InChI is InChI=1S/C26H36FN5O2.C2H6.C2H4.2H2/c1-15(2)18-13-19(18)25(33)30-22(12-17(4)32-11-6-5-8-16(32)3)26(34)28-14-23-29-21-10-7-9-20(27)24(21)31-23;2*1-2;;/h7,9-10,15-16,18-19,22H,4-6,8,11-14H2,1-3H3,(H,28,34)(H,29,31)(H,30,33);1-2H3;1-2H2;2*1H/t16-,18?,19?,22-;;;;/m0..../s1. The Labute approximate surface area is 230 Å². The molecule has 38 heavy (non-hydrogen) atoms. The molecule has 2 heterocycles. The summed E-state index contributed by atoms with van der Waals surface area (Å²) in [5.74, 6) is 0.485. The summed E-state index contributed by atoms with van der Waals surface area (Å²) < 4.78 is 14.0. The number of aromatic amines is 1. The minimum absolute atomic E-state index is 0. The third-order valence-corrected chi connectivity index (χ3v) is 7.26. The quantitative estimate of drug-likeness (QED) is 0.336. The van der Waals surface area contributed by atoms with Gasteiger partial charge in [-0.1, -0.05) is 40.3 Å². The van der Waals surface area contributed by atoms with E-state index in [0.29, 0.717) is 35.6 Å². The number of rotatable bonds is 9. The fourth-order valence-corrected chi connectivity index (χ4v) is 5.09. The lowest BCUT2D eigenvalue weighted by atomic mass is 10.0. The molecule has 2 unspecified atom stereocenters. The minimum Gasteiger partial charge on any atom is -0.373 e. The number of aromatic nitrogens is 2. The molecular weight excluding hydrogens is 481 g/mol. The molecule has 1 saturated heterocycles. The molecule has 3 N–H and O–H groups in total. The topological polar surface area (TPSA) is 90.1 Å². The van der Waals surface area contributed by atoms with Gasteiger partial charge in [0.2, 0.25) is 11.8 Å². The lowest BCUT2D eigenvalue weighted by Crippen LogP contribution is -2.49. The summed E-state index contributed by atoms with van der Waals surface area (Å²) in [4.78, 5) is 35.6. The van der Waals surface area contributed by atoms with Gasteiger partial charge in [-0.15, -0.1) is 13.2 Å². The first-order valence-electron chi connectivity index (χ1n) is 13.9. The summed E-state index contributed by atoms with van der Waals surface area (Å²) >= 11 is 0. The van der Waals surface area contributed by atoms with Crippen molar-refractivity contribution in [1.82, 2.24) is 25.5 Å². The Balaban J connectivity index is 0.00000243. The van der Waals surface area contributed by atoms with Crippen LogP contribution in [0, 0.1) is 23.6 Å². The lowest BCUT2D eigenvalue weighted by Gasteiger charge is -2.37. The number of para-hydroxylation sites is 1. The van der Waals surface area contributed by atoms with E-state index in [2.05, 4.69) is 66.0 Å². The average Bonchev–Trinajstić information content (AvgIpc) is 3.62. The van der Waals surface area contributed by atoms with Crippen LogP contribution >= 0.6 is 0 Å². The molecular formula is C30H50FN5O2. The summed E-state index contributed by atoms with van der Waals surface area (Å²) in [6, 6.07) is 4.36. The number of nitrogens with one attached hydrogen (secondary N) is 3. The molecule has 0 spiro atoms. The van der Waals surface area contributed by atoms with Gasteiger partial charge in [-0.05, 0) is 56.6 Å². The zero-order chi connectivity index (χ0) is 28.4. The molecule has 1 aromatic heterocycles. The number of benzene rings is 1. The van der Waals surface area contributed by atoms with Gasteiger partial charge in [0, 0.05) is 33.5 Å². The molecule has 8 heteroatoms. The van der Waals surface area contributed by atoms with E-state index in [4.69, 9.17) is 0 Å². The minimum atomic E-state index is -0.719. The third kappa shape index (κ3) is 7.92. The van der Waals surface area contributed by atoms with Gasteiger partial charge in [-0.25, -0.2) is 9.37 Å². The molecule has 7 nitrogen and oxygen atoms in total. The van der Waals surface area contributed by atoms with E-state index in [1.54, 1.807) is 12.1 Å². The van der Waals surface area contributed by atoms with Gasteiger partial charge in [-0.2, -0.15) is 0 Å². The maximum atomic E-state index is 14.0. The molecule has 2 aromatic rings. The first kappa shape index (κ1) is 31.1. The molecule has 1 aliphatic carbocycles. The Morgan fingerprint density at radius 3 is 2.58 bits per heavy atom. The van der Waals surface area contributed by atoms with Crippen molar-refractivity contribution in [2.45, 2.75) is 85.4 Å². The van der Waals surface area contributed by atoms with Crippen LogP contribution in [0.4, 0.5) is 4.39 Å². The van der Waals surface area contributed by atoms with Gasteiger partial charge in [0.1, 0.15) is 17.4 Å². The second-order valence-corrected chi connectivity index (χ2v) is 10.2. The number of H-pyrrole nitrogens is 1. The van der Waals surface area contributed by atoms with Crippen LogP contribution in [-0.2, 0) is 16.1 Å². The zero-order valence-electron chi connectivity index (χ0n) is 23.8. The first-order chi connectivity index (χ1) is 18.2. The molecule has 0 radical (unpaired) electrons. The van der Waals surface area contributed by atoms with Crippen molar-refractivity contribution in [3.05, 3.63) is 55.3 Å². The number of amides is 2. The Hall–Kier alpha value is -3.16. The highest BCUT2D eigenvalue weighted by molar-refractivity contribution is 5.89. The van der Waals surface area contributed by atoms with E-state index in [1.807, 2.05) is 13.8 Å². The van der Waals surface area contributed by atoms with Gasteiger partial charge in [0.15, 0.2) is 5.82 Å². The Morgan fingerprint density at radius 2 is 1.97 bits per heavy atom. The number of carbonyl (C=O) groups excluding carboxylic acids is 2. The monoisotopic (exact) mass is 531 g/mol. The Bertz CT molecular complexity index is 1090. The van der Waals surface area contributed by atoms with Crippen LogP contribution in [0.2, 0.25) is 0 Å². The summed E-state index contributed by atoms with van der Waals surface area (Å²) in [7, 11) is 0. The summed E-state index contributed by atoms with van der Waals surface area (Å²) in [5, 5.41) is 5.86.